The number of hydrogen-bond donors (Lipinski definition) is 0. The smallest absolute Gasteiger partial charge is 0.339 e. The third-order valence-corrected chi connectivity index (χ3v) is 3.67. The summed E-state index contributed by atoms with van der Waals surface area (Å²) in [5.41, 5.74) is 2.23. The summed E-state index contributed by atoms with van der Waals surface area (Å²) in [6.45, 7) is 0. The summed E-state index contributed by atoms with van der Waals surface area (Å²) in [5.74, 6) is 5.60. The molecule has 0 aliphatic rings. The maximum absolute atomic E-state index is 11.7. The van der Waals surface area contributed by atoms with Crippen LogP contribution in [-0.4, -0.2) is 13.1 Å². The van der Waals surface area contributed by atoms with Crippen LogP contribution in [0.4, 0.5) is 0 Å². The van der Waals surface area contributed by atoms with Crippen LogP contribution in [0.25, 0.3) is 16.8 Å². The predicted molar refractivity (Wildman–Crippen MR) is 97.6 cm³/mol. The number of esters is 1. The summed E-state index contributed by atoms with van der Waals surface area (Å²) < 4.78 is 4.77. The minimum Gasteiger partial charge on any atom is -0.465 e. The lowest BCUT2D eigenvalue weighted by Crippen LogP contribution is -2.03. The summed E-state index contributed by atoms with van der Waals surface area (Å²) in [5, 5.41) is 2.41. The average molecular weight is 312 g/mol. The Kier molecular flexibility index (Phi) is 4.74. The van der Waals surface area contributed by atoms with Crippen molar-refractivity contribution in [3.8, 4) is 11.8 Å². The number of methoxy groups -OCH3 is 1. The van der Waals surface area contributed by atoms with Crippen molar-refractivity contribution >= 4 is 22.8 Å². The first kappa shape index (κ1) is 15.6. The van der Waals surface area contributed by atoms with E-state index in [9.17, 15) is 4.79 Å². The van der Waals surface area contributed by atoms with Crippen LogP contribution in [0.3, 0.4) is 0 Å². The van der Waals surface area contributed by atoms with Crippen molar-refractivity contribution in [2.24, 2.45) is 0 Å². The molecule has 0 atom stereocenters. The fraction of sp³-hybridized carbons (Fsp3) is 0.0455. The van der Waals surface area contributed by atoms with E-state index in [-0.39, 0.29) is 5.97 Å². The van der Waals surface area contributed by atoms with Crippen molar-refractivity contribution < 1.29 is 9.53 Å². The highest BCUT2D eigenvalue weighted by atomic mass is 16.5. The predicted octanol–water partition coefficient (Wildman–Crippen LogP) is 4.69. The van der Waals surface area contributed by atoms with Gasteiger partial charge in [0, 0.05) is 5.56 Å². The maximum Gasteiger partial charge on any atom is 0.339 e. The summed E-state index contributed by atoms with van der Waals surface area (Å²) in [7, 11) is 1.37. The monoisotopic (exact) mass is 312 g/mol. The zero-order valence-corrected chi connectivity index (χ0v) is 13.3. The van der Waals surface area contributed by atoms with Gasteiger partial charge >= 0.3 is 5.97 Å². The Balaban J connectivity index is 1.82. The van der Waals surface area contributed by atoms with E-state index in [4.69, 9.17) is 4.74 Å². The maximum atomic E-state index is 11.7. The van der Waals surface area contributed by atoms with Crippen molar-refractivity contribution in [3.63, 3.8) is 0 Å². The highest BCUT2D eigenvalue weighted by molar-refractivity contribution is 5.92. The number of carbonyl (C=O) groups excluding carboxylic acids is 1. The number of ether oxygens (including phenoxy) is 1. The van der Waals surface area contributed by atoms with Crippen molar-refractivity contribution in [1.82, 2.24) is 0 Å². The standard InChI is InChI=1S/C22H16O2/c1-24-22(23)21-13-7-6-11-19(21)10-3-2-8-17-14-15-18-9-4-5-12-20(18)16-17/h2,4-9,11-16H,1H3/b8-2+. The lowest BCUT2D eigenvalue weighted by Gasteiger charge is -2.00. The molecule has 0 aliphatic heterocycles. The van der Waals surface area contributed by atoms with Crippen LogP contribution in [0.15, 0.2) is 72.8 Å². The van der Waals surface area contributed by atoms with Crippen LogP contribution < -0.4 is 0 Å². The third-order valence-electron chi connectivity index (χ3n) is 3.67. The van der Waals surface area contributed by atoms with E-state index < -0.39 is 0 Å². The average Bonchev–Trinajstić information content (AvgIpc) is 2.65. The van der Waals surface area contributed by atoms with Gasteiger partial charge in [-0.2, -0.15) is 0 Å². The van der Waals surface area contributed by atoms with Gasteiger partial charge in [0.25, 0.3) is 0 Å². The second-order valence-electron chi connectivity index (χ2n) is 5.25. The van der Waals surface area contributed by atoms with E-state index in [1.165, 1.54) is 17.9 Å². The number of hydrogen-bond acceptors (Lipinski definition) is 2. The molecule has 0 radical (unpaired) electrons. The first-order valence-electron chi connectivity index (χ1n) is 7.62. The van der Waals surface area contributed by atoms with Crippen LogP contribution in [0.5, 0.6) is 0 Å². The Hall–Kier alpha value is -3.31. The van der Waals surface area contributed by atoms with E-state index in [2.05, 4.69) is 42.2 Å². The third kappa shape index (κ3) is 3.53. The quantitative estimate of drug-likeness (QED) is 0.507. The molecule has 0 saturated heterocycles. The molecule has 3 rings (SSSR count). The Bertz CT molecular complexity index is 972. The topological polar surface area (TPSA) is 26.3 Å². The van der Waals surface area contributed by atoms with Crippen molar-refractivity contribution in [3.05, 3.63) is 89.5 Å². The molecule has 0 amide bonds. The lowest BCUT2D eigenvalue weighted by atomic mass is 10.1. The Morgan fingerprint density at radius 3 is 2.54 bits per heavy atom. The van der Waals surface area contributed by atoms with Crippen LogP contribution in [0.1, 0.15) is 21.5 Å². The molecule has 0 heterocycles. The minimum atomic E-state index is -0.376. The molecule has 0 bridgehead atoms. The van der Waals surface area contributed by atoms with Crippen molar-refractivity contribution in [1.29, 1.82) is 0 Å². The number of fused-ring (bicyclic) bond motifs is 1. The molecular weight excluding hydrogens is 296 g/mol. The first-order valence-corrected chi connectivity index (χ1v) is 7.62. The molecule has 0 aliphatic carbocycles. The van der Waals surface area contributed by atoms with E-state index in [0.29, 0.717) is 11.1 Å². The molecule has 2 nitrogen and oxygen atoms in total. The molecule has 0 spiro atoms. The Labute approximate surface area is 141 Å². The Morgan fingerprint density at radius 1 is 0.958 bits per heavy atom. The molecule has 0 aromatic heterocycles. The molecule has 3 aromatic carbocycles. The van der Waals surface area contributed by atoms with Gasteiger partial charge in [-0.25, -0.2) is 4.79 Å². The van der Waals surface area contributed by atoms with Crippen LogP contribution >= 0.6 is 0 Å². The fourth-order valence-electron chi connectivity index (χ4n) is 2.45. The lowest BCUT2D eigenvalue weighted by molar-refractivity contribution is 0.0600. The second-order valence-corrected chi connectivity index (χ2v) is 5.25. The van der Waals surface area contributed by atoms with Crippen molar-refractivity contribution in [2.45, 2.75) is 0 Å². The summed E-state index contributed by atoms with van der Waals surface area (Å²) in [6, 6.07) is 21.7. The van der Waals surface area contributed by atoms with Gasteiger partial charge in [-0.3, -0.25) is 0 Å². The normalized spacial score (nSPS) is 10.4. The summed E-state index contributed by atoms with van der Waals surface area (Å²) >= 11 is 0. The molecule has 116 valence electrons. The molecule has 0 fully saturated rings. The van der Waals surface area contributed by atoms with E-state index in [0.717, 1.165) is 5.56 Å². The van der Waals surface area contributed by atoms with Gasteiger partial charge in [-0.1, -0.05) is 60.4 Å². The van der Waals surface area contributed by atoms with Gasteiger partial charge in [0.05, 0.1) is 12.7 Å². The first-order chi connectivity index (χ1) is 11.8. The number of carbonyl (C=O) groups is 1. The Morgan fingerprint density at radius 2 is 1.71 bits per heavy atom. The number of rotatable bonds is 2. The highest BCUT2D eigenvalue weighted by Gasteiger charge is 2.08. The van der Waals surface area contributed by atoms with Gasteiger partial charge in [0.1, 0.15) is 0 Å². The fourth-order valence-corrected chi connectivity index (χ4v) is 2.45. The molecule has 24 heavy (non-hydrogen) atoms. The molecule has 0 unspecified atom stereocenters. The van der Waals surface area contributed by atoms with E-state index in [1.807, 2.05) is 30.3 Å². The van der Waals surface area contributed by atoms with E-state index in [1.54, 1.807) is 18.2 Å². The molecule has 0 saturated carbocycles. The molecule has 0 N–H and O–H groups in total. The zero-order chi connectivity index (χ0) is 16.8. The van der Waals surface area contributed by atoms with Crippen molar-refractivity contribution in [2.75, 3.05) is 7.11 Å². The summed E-state index contributed by atoms with van der Waals surface area (Å²) in [6.07, 6.45) is 3.75. The van der Waals surface area contributed by atoms with Gasteiger partial charge in [-0.15, -0.1) is 0 Å². The number of benzene rings is 3. The van der Waals surface area contributed by atoms with Gasteiger partial charge < -0.3 is 4.74 Å². The SMILES string of the molecule is COC(=O)c1ccccc1C#C/C=C/c1ccc2ccccc2c1. The van der Waals surface area contributed by atoms with Crippen LogP contribution in [-0.2, 0) is 4.74 Å². The minimum absolute atomic E-state index is 0.376. The molecule has 3 aromatic rings. The van der Waals surface area contributed by atoms with Crippen LogP contribution in [0, 0.1) is 11.8 Å². The largest absolute Gasteiger partial charge is 0.465 e. The van der Waals surface area contributed by atoms with Gasteiger partial charge in [0.15, 0.2) is 0 Å². The molecular formula is C22H16O2. The van der Waals surface area contributed by atoms with E-state index >= 15 is 0 Å². The summed E-state index contributed by atoms with van der Waals surface area (Å²) in [4.78, 5) is 11.7. The van der Waals surface area contributed by atoms with Gasteiger partial charge in [-0.05, 0) is 46.7 Å². The van der Waals surface area contributed by atoms with Gasteiger partial charge in [0.2, 0.25) is 0 Å². The second kappa shape index (κ2) is 7.30. The molecule has 2 heteroatoms. The number of allylic oxidation sites excluding steroid dienone is 1. The zero-order valence-electron chi connectivity index (χ0n) is 13.3. The van der Waals surface area contributed by atoms with Crippen LogP contribution in [0.2, 0.25) is 0 Å². The highest BCUT2D eigenvalue weighted by Crippen LogP contribution is 2.16.